The minimum absolute atomic E-state index is 0. The van der Waals surface area contributed by atoms with E-state index in [-0.39, 0.29) is 20.1 Å². The Morgan fingerprint density at radius 1 is 1.04 bits per heavy atom. The summed E-state index contributed by atoms with van der Waals surface area (Å²) in [5, 5.41) is 3.42. The van der Waals surface area contributed by atoms with E-state index in [0.717, 1.165) is 16.6 Å². The number of benzene rings is 2. The maximum absolute atomic E-state index is 6.08. The number of nitrogens with zero attached hydrogens (tertiary/aromatic N) is 2. The SMILES string of the molecule is C[Si](C)(C)Oc1cn2c3ccccc3c3ccc[c-]c3c2n1.[Ir]. The van der Waals surface area contributed by atoms with Crippen molar-refractivity contribution in [2.24, 2.45) is 0 Å². The fourth-order valence-corrected chi connectivity index (χ4v) is 3.57. The van der Waals surface area contributed by atoms with Gasteiger partial charge < -0.3 is 8.83 Å². The Kier molecular flexibility index (Phi) is 4.04. The van der Waals surface area contributed by atoms with Crippen LogP contribution in [0.3, 0.4) is 0 Å². The van der Waals surface area contributed by atoms with E-state index in [1.54, 1.807) is 0 Å². The minimum atomic E-state index is -1.68. The number of para-hydroxylation sites is 1. The van der Waals surface area contributed by atoms with Gasteiger partial charge in [0.1, 0.15) is 0 Å². The molecule has 0 aliphatic heterocycles. The second-order valence-corrected chi connectivity index (χ2v) is 10.9. The maximum Gasteiger partial charge on any atom is 0.244 e. The maximum atomic E-state index is 6.08. The third kappa shape index (κ3) is 2.80. The molecular formula is C18H17IrN2OSi-. The van der Waals surface area contributed by atoms with Gasteiger partial charge in [-0.25, -0.2) is 4.98 Å². The molecule has 0 aliphatic carbocycles. The van der Waals surface area contributed by atoms with Crippen LogP contribution in [0.25, 0.3) is 27.3 Å². The molecule has 0 atom stereocenters. The first kappa shape index (κ1) is 16.2. The van der Waals surface area contributed by atoms with E-state index >= 15 is 0 Å². The molecule has 0 saturated carbocycles. The van der Waals surface area contributed by atoms with Gasteiger partial charge in [0, 0.05) is 25.6 Å². The standard InChI is InChI=1S/C18H17N2OSi.Ir/c1-22(2,3)21-17-12-20-16-11-7-6-9-14(16)13-8-4-5-10-15(13)18(20)19-17;/h4-9,11-12H,1-3H3;/q-1;. The van der Waals surface area contributed by atoms with Gasteiger partial charge in [0.05, 0.1) is 11.8 Å². The van der Waals surface area contributed by atoms with Crippen molar-refractivity contribution >= 4 is 35.6 Å². The molecule has 0 fully saturated rings. The van der Waals surface area contributed by atoms with Crippen molar-refractivity contribution < 1.29 is 24.5 Å². The fraction of sp³-hybridized carbons (Fsp3) is 0.167. The van der Waals surface area contributed by atoms with Crippen LogP contribution in [0.5, 0.6) is 5.88 Å². The monoisotopic (exact) mass is 498 g/mol. The summed E-state index contributed by atoms with van der Waals surface area (Å²) in [4.78, 5) is 4.72. The molecule has 4 aromatic rings. The van der Waals surface area contributed by atoms with Crippen LogP contribution in [0.2, 0.25) is 19.6 Å². The largest absolute Gasteiger partial charge is 0.531 e. The molecule has 23 heavy (non-hydrogen) atoms. The van der Waals surface area contributed by atoms with Crippen LogP contribution in [-0.2, 0) is 20.1 Å². The van der Waals surface area contributed by atoms with Crippen LogP contribution < -0.4 is 4.43 Å². The molecule has 0 bridgehead atoms. The van der Waals surface area contributed by atoms with Gasteiger partial charge in [-0.1, -0.05) is 23.6 Å². The quantitative estimate of drug-likeness (QED) is 0.229. The van der Waals surface area contributed by atoms with Crippen molar-refractivity contribution in [3.63, 3.8) is 0 Å². The molecule has 0 aliphatic rings. The van der Waals surface area contributed by atoms with Crippen LogP contribution in [0.15, 0.2) is 48.7 Å². The van der Waals surface area contributed by atoms with Gasteiger partial charge in [-0.05, 0) is 31.1 Å². The number of hydrogen-bond acceptors (Lipinski definition) is 2. The number of fused-ring (bicyclic) bond motifs is 6. The Labute approximate surface area is 149 Å². The van der Waals surface area contributed by atoms with E-state index in [1.807, 2.05) is 18.3 Å². The fourth-order valence-electron chi connectivity index (χ4n) is 2.84. The zero-order valence-corrected chi connectivity index (χ0v) is 16.6. The Morgan fingerprint density at radius 3 is 2.57 bits per heavy atom. The van der Waals surface area contributed by atoms with Crippen molar-refractivity contribution in [2.45, 2.75) is 19.6 Å². The molecule has 2 aromatic carbocycles. The van der Waals surface area contributed by atoms with Crippen LogP contribution in [-0.4, -0.2) is 17.7 Å². The third-order valence-corrected chi connectivity index (χ3v) is 4.45. The number of pyridine rings is 1. The first-order valence-corrected chi connectivity index (χ1v) is 10.8. The van der Waals surface area contributed by atoms with E-state index in [2.05, 4.69) is 60.4 Å². The number of aromatic nitrogens is 2. The minimum Gasteiger partial charge on any atom is -0.531 e. The molecule has 5 heteroatoms. The topological polar surface area (TPSA) is 26.5 Å². The summed E-state index contributed by atoms with van der Waals surface area (Å²) in [6.45, 7) is 6.50. The summed E-state index contributed by atoms with van der Waals surface area (Å²) in [5.74, 6) is 0.703. The normalized spacial score (nSPS) is 11.8. The van der Waals surface area contributed by atoms with Gasteiger partial charge in [-0.15, -0.1) is 29.7 Å². The molecule has 0 unspecified atom stereocenters. The van der Waals surface area contributed by atoms with E-state index in [9.17, 15) is 0 Å². The summed E-state index contributed by atoms with van der Waals surface area (Å²) < 4.78 is 8.19. The van der Waals surface area contributed by atoms with Crippen molar-refractivity contribution in [2.75, 3.05) is 0 Å². The Balaban J connectivity index is 0.00000156. The van der Waals surface area contributed by atoms with Crippen LogP contribution in [0.4, 0.5) is 0 Å². The zero-order chi connectivity index (χ0) is 15.3. The van der Waals surface area contributed by atoms with Gasteiger partial charge >= 0.3 is 0 Å². The molecule has 2 heterocycles. The predicted molar refractivity (Wildman–Crippen MR) is 93.0 cm³/mol. The van der Waals surface area contributed by atoms with Crippen molar-refractivity contribution in [1.82, 2.24) is 9.38 Å². The van der Waals surface area contributed by atoms with Crippen molar-refractivity contribution in [3.05, 3.63) is 54.7 Å². The van der Waals surface area contributed by atoms with E-state index in [0.29, 0.717) is 5.88 Å². The van der Waals surface area contributed by atoms with Crippen molar-refractivity contribution in [1.29, 1.82) is 0 Å². The second-order valence-electron chi connectivity index (χ2n) is 6.46. The molecule has 0 amide bonds. The van der Waals surface area contributed by atoms with E-state index < -0.39 is 8.32 Å². The summed E-state index contributed by atoms with van der Waals surface area (Å²) in [7, 11) is -1.68. The molecule has 0 N–H and O–H groups in total. The second kappa shape index (κ2) is 5.75. The molecular weight excluding hydrogens is 481 g/mol. The van der Waals surface area contributed by atoms with Gasteiger partial charge in [-0.3, -0.25) is 0 Å². The number of rotatable bonds is 2. The summed E-state index contributed by atoms with van der Waals surface area (Å²) >= 11 is 0. The predicted octanol–water partition coefficient (Wildman–Crippen LogP) is 4.65. The van der Waals surface area contributed by atoms with E-state index in [4.69, 9.17) is 9.41 Å². The Morgan fingerprint density at radius 2 is 1.78 bits per heavy atom. The molecule has 4 rings (SSSR count). The molecule has 3 nitrogen and oxygen atoms in total. The summed E-state index contributed by atoms with van der Waals surface area (Å²) in [6.07, 6.45) is 2.00. The zero-order valence-electron chi connectivity index (χ0n) is 13.3. The molecule has 1 radical (unpaired) electrons. The number of imidazole rings is 1. The van der Waals surface area contributed by atoms with Gasteiger partial charge in [0.15, 0.2) is 0 Å². The van der Waals surface area contributed by atoms with Crippen LogP contribution >= 0.6 is 0 Å². The average Bonchev–Trinajstić information content (AvgIpc) is 2.89. The molecule has 0 saturated heterocycles. The summed E-state index contributed by atoms with van der Waals surface area (Å²) in [5.41, 5.74) is 2.05. The molecule has 2 aromatic heterocycles. The molecule has 119 valence electrons. The first-order chi connectivity index (χ1) is 10.5. The van der Waals surface area contributed by atoms with Crippen LogP contribution in [0, 0.1) is 6.07 Å². The van der Waals surface area contributed by atoms with Crippen molar-refractivity contribution in [3.8, 4) is 5.88 Å². The van der Waals surface area contributed by atoms with Crippen LogP contribution in [0.1, 0.15) is 0 Å². The first-order valence-electron chi connectivity index (χ1n) is 7.42. The smallest absolute Gasteiger partial charge is 0.244 e. The van der Waals surface area contributed by atoms with E-state index in [1.165, 1.54) is 10.8 Å². The average molecular weight is 498 g/mol. The van der Waals surface area contributed by atoms with Gasteiger partial charge in [0.2, 0.25) is 14.2 Å². The molecule has 0 spiro atoms. The summed E-state index contributed by atoms with van der Waals surface area (Å²) in [6, 6.07) is 17.8. The van der Waals surface area contributed by atoms with Gasteiger partial charge in [-0.2, -0.15) is 0 Å². The third-order valence-electron chi connectivity index (χ3n) is 3.63. The Hall–Kier alpha value is -1.68. The Bertz CT molecular complexity index is 932. The number of hydrogen-bond donors (Lipinski definition) is 0. The van der Waals surface area contributed by atoms with Gasteiger partial charge in [0.25, 0.3) is 0 Å².